The van der Waals surface area contributed by atoms with Crippen LogP contribution in [0.25, 0.3) is 0 Å². The molecule has 2 rings (SSSR count). The van der Waals surface area contributed by atoms with Crippen molar-refractivity contribution < 1.29 is 9.72 Å². The summed E-state index contributed by atoms with van der Waals surface area (Å²) in [5.41, 5.74) is -0.402. The molecular formula is C13H16ClN3O3. The van der Waals surface area contributed by atoms with Gasteiger partial charge in [-0.25, -0.2) is 4.98 Å². The van der Waals surface area contributed by atoms with Gasteiger partial charge in [-0.3, -0.25) is 14.9 Å². The Bertz CT molecular complexity index is 542. The first-order valence-corrected chi connectivity index (χ1v) is 6.88. The Morgan fingerprint density at radius 2 is 2.20 bits per heavy atom. The van der Waals surface area contributed by atoms with E-state index < -0.39 is 16.5 Å². The molecule has 1 aliphatic rings. The molecule has 1 aliphatic carbocycles. The lowest BCUT2D eigenvalue weighted by Gasteiger charge is -2.23. The lowest BCUT2D eigenvalue weighted by atomic mass is 9.89. The third kappa shape index (κ3) is 3.07. The smallest absolute Gasteiger partial charge is 0.319 e. The van der Waals surface area contributed by atoms with Crippen LogP contribution in [0, 0.1) is 15.5 Å². The van der Waals surface area contributed by atoms with Gasteiger partial charge in [-0.05, 0) is 24.3 Å². The Labute approximate surface area is 121 Å². The first-order valence-electron chi connectivity index (χ1n) is 6.50. The quantitative estimate of drug-likeness (QED) is 0.526. The van der Waals surface area contributed by atoms with Crippen LogP contribution in [-0.2, 0) is 0 Å². The maximum absolute atomic E-state index is 12.1. The van der Waals surface area contributed by atoms with Gasteiger partial charge < -0.3 is 5.32 Å². The zero-order valence-corrected chi connectivity index (χ0v) is 11.9. The van der Waals surface area contributed by atoms with E-state index in [1.807, 2.05) is 0 Å². The van der Waals surface area contributed by atoms with Crippen molar-refractivity contribution in [3.8, 4) is 0 Å². The highest BCUT2D eigenvalue weighted by molar-refractivity contribution is 6.32. The van der Waals surface area contributed by atoms with Crippen LogP contribution in [0.5, 0.6) is 0 Å². The van der Waals surface area contributed by atoms with Gasteiger partial charge in [-0.1, -0.05) is 31.4 Å². The Balaban J connectivity index is 2.13. The van der Waals surface area contributed by atoms with E-state index in [1.54, 1.807) is 0 Å². The lowest BCUT2D eigenvalue weighted by Crippen LogP contribution is -2.34. The minimum absolute atomic E-state index is 0.0448. The summed E-state index contributed by atoms with van der Waals surface area (Å²) in [7, 11) is 0. The lowest BCUT2D eigenvalue weighted by molar-refractivity contribution is -0.385. The van der Waals surface area contributed by atoms with Crippen molar-refractivity contribution in [2.75, 3.05) is 6.54 Å². The molecule has 0 atom stereocenters. The summed E-state index contributed by atoms with van der Waals surface area (Å²) in [6, 6.07) is 1.32. The average Bonchev–Trinajstić information content (AvgIpc) is 2.82. The summed E-state index contributed by atoms with van der Waals surface area (Å²) in [6.07, 6.45) is 5.74. The maximum Gasteiger partial charge on any atom is 0.319 e. The van der Waals surface area contributed by atoms with Crippen LogP contribution < -0.4 is 5.32 Å². The van der Waals surface area contributed by atoms with Crippen molar-refractivity contribution in [2.24, 2.45) is 5.41 Å². The minimum Gasteiger partial charge on any atom is -0.351 e. The second kappa shape index (κ2) is 5.75. The van der Waals surface area contributed by atoms with Crippen molar-refractivity contribution in [1.29, 1.82) is 0 Å². The number of nitro groups is 1. The van der Waals surface area contributed by atoms with Gasteiger partial charge in [0.05, 0.1) is 4.92 Å². The van der Waals surface area contributed by atoms with E-state index in [1.165, 1.54) is 12.3 Å². The highest BCUT2D eigenvalue weighted by atomic mass is 35.5. The summed E-state index contributed by atoms with van der Waals surface area (Å²) < 4.78 is 0. The molecule has 0 aromatic carbocycles. The van der Waals surface area contributed by atoms with Gasteiger partial charge in [0.25, 0.3) is 5.91 Å². The first kappa shape index (κ1) is 14.7. The number of aromatic nitrogens is 1. The molecule has 20 heavy (non-hydrogen) atoms. The van der Waals surface area contributed by atoms with Crippen molar-refractivity contribution in [2.45, 2.75) is 32.6 Å². The summed E-state index contributed by atoms with van der Waals surface area (Å²) in [4.78, 5) is 26.1. The van der Waals surface area contributed by atoms with Gasteiger partial charge in [-0.15, -0.1) is 0 Å². The van der Waals surface area contributed by atoms with Crippen LogP contribution >= 0.6 is 11.6 Å². The number of rotatable bonds is 4. The van der Waals surface area contributed by atoms with Crippen molar-refractivity contribution >= 4 is 23.2 Å². The third-order valence-electron chi connectivity index (χ3n) is 3.79. The molecule has 0 saturated heterocycles. The first-order chi connectivity index (χ1) is 9.43. The molecule has 108 valence electrons. The fraction of sp³-hybridized carbons (Fsp3) is 0.538. The predicted molar refractivity (Wildman–Crippen MR) is 74.8 cm³/mol. The highest BCUT2D eigenvalue weighted by Gasteiger charge is 2.30. The van der Waals surface area contributed by atoms with E-state index in [4.69, 9.17) is 11.6 Å². The molecule has 1 saturated carbocycles. The Morgan fingerprint density at radius 1 is 1.55 bits per heavy atom. The largest absolute Gasteiger partial charge is 0.351 e. The number of hydrogen-bond donors (Lipinski definition) is 1. The standard InChI is InChI=1S/C13H16ClN3O3/c1-13(5-2-3-6-13)8-16-12(18)9-4-7-15-11(14)10(9)17(19)20/h4,7H,2-3,5-6,8H2,1H3,(H,16,18). The molecule has 6 nitrogen and oxygen atoms in total. The van der Waals surface area contributed by atoms with Crippen LogP contribution in [0.4, 0.5) is 5.69 Å². The van der Waals surface area contributed by atoms with Crippen LogP contribution in [0.15, 0.2) is 12.3 Å². The van der Waals surface area contributed by atoms with E-state index in [2.05, 4.69) is 17.2 Å². The molecule has 0 bridgehead atoms. The summed E-state index contributed by atoms with van der Waals surface area (Å²) >= 11 is 5.69. The monoisotopic (exact) mass is 297 g/mol. The van der Waals surface area contributed by atoms with Crippen molar-refractivity contribution in [3.05, 3.63) is 33.1 Å². The summed E-state index contributed by atoms with van der Waals surface area (Å²) in [6.45, 7) is 2.64. The Kier molecular flexibility index (Phi) is 4.23. The van der Waals surface area contributed by atoms with Gasteiger partial charge >= 0.3 is 5.69 Å². The molecule has 7 heteroatoms. The van der Waals surface area contributed by atoms with Crippen molar-refractivity contribution in [1.82, 2.24) is 10.3 Å². The number of carbonyl (C=O) groups is 1. The second-order valence-electron chi connectivity index (χ2n) is 5.46. The fourth-order valence-corrected chi connectivity index (χ4v) is 2.81. The maximum atomic E-state index is 12.1. The number of amides is 1. The van der Waals surface area contributed by atoms with Crippen LogP contribution in [0.3, 0.4) is 0 Å². The number of nitrogens with zero attached hydrogens (tertiary/aromatic N) is 2. The molecule has 1 heterocycles. The van der Waals surface area contributed by atoms with E-state index in [0.717, 1.165) is 25.7 Å². The minimum atomic E-state index is -0.679. The zero-order valence-electron chi connectivity index (χ0n) is 11.2. The fourth-order valence-electron chi connectivity index (χ4n) is 2.58. The highest BCUT2D eigenvalue weighted by Crippen LogP contribution is 2.36. The Hall–Kier alpha value is -1.69. The molecule has 0 spiro atoms. The summed E-state index contributed by atoms with van der Waals surface area (Å²) in [5.74, 6) is -0.478. The molecule has 0 aliphatic heterocycles. The zero-order chi connectivity index (χ0) is 14.8. The number of hydrogen-bond acceptors (Lipinski definition) is 4. The van der Waals surface area contributed by atoms with Gasteiger partial charge in [0.1, 0.15) is 5.56 Å². The predicted octanol–water partition coefficient (Wildman–Crippen LogP) is 2.95. The molecule has 1 amide bonds. The molecule has 0 unspecified atom stereocenters. The van der Waals surface area contributed by atoms with E-state index in [-0.39, 0.29) is 16.1 Å². The number of nitrogens with one attached hydrogen (secondary N) is 1. The average molecular weight is 298 g/mol. The normalized spacial score (nSPS) is 16.9. The van der Waals surface area contributed by atoms with Crippen molar-refractivity contribution in [3.63, 3.8) is 0 Å². The number of pyridine rings is 1. The van der Waals surface area contributed by atoms with Crippen LogP contribution in [0.2, 0.25) is 5.15 Å². The molecular weight excluding hydrogens is 282 g/mol. The van der Waals surface area contributed by atoms with E-state index >= 15 is 0 Å². The SMILES string of the molecule is CC1(CNC(=O)c2ccnc(Cl)c2[N+](=O)[O-])CCCC1. The number of carbonyl (C=O) groups excluding carboxylic acids is 1. The topological polar surface area (TPSA) is 85.1 Å². The molecule has 1 fully saturated rings. The molecule has 1 aromatic rings. The molecule has 0 radical (unpaired) electrons. The van der Waals surface area contributed by atoms with Gasteiger partial charge in [-0.2, -0.15) is 0 Å². The molecule has 1 N–H and O–H groups in total. The molecule has 1 aromatic heterocycles. The van der Waals surface area contributed by atoms with E-state index in [9.17, 15) is 14.9 Å². The van der Waals surface area contributed by atoms with Gasteiger partial charge in [0, 0.05) is 12.7 Å². The Morgan fingerprint density at radius 3 is 2.80 bits per heavy atom. The summed E-state index contributed by atoms with van der Waals surface area (Å²) in [5, 5.41) is 13.5. The third-order valence-corrected chi connectivity index (χ3v) is 4.07. The second-order valence-corrected chi connectivity index (χ2v) is 5.81. The van der Waals surface area contributed by atoms with Gasteiger partial charge in [0.2, 0.25) is 5.15 Å². The van der Waals surface area contributed by atoms with Crippen LogP contribution in [0.1, 0.15) is 43.0 Å². The number of halogens is 1. The van der Waals surface area contributed by atoms with Crippen LogP contribution in [-0.4, -0.2) is 22.4 Å². The van der Waals surface area contributed by atoms with Gasteiger partial charge in [0.15, 0.2) is 0 Å². The van der Waals surface area contributed by atoms with E-state index in [0.29, 0.717) is 6.54 Å².